The van der Waals surface area contributed by atoms with Crippen molar-refractivity contribution in [1.29, 1.82) is 0 Å². The van der Waals surface area contributed by atoms with Crippen molar-refractivity contribution in [3.05, 3.63) is 12.4 Å². The largest absolute Gasteiger partial charge is 0.498 e. The number of hydrogen-bond acceptors (Lipinski definition) is 6. The molecule has 0 saturated carbocycles. The maximum Gasteiger partial charge on any atom is 0.498 e. The number of aromatic nitrogens is 2. The molecular formula is C20H32BN3O4. The summed E-state index contributed by atoms with van der Waals surface area (Å²) in [5.74, 6) is 0.173. The van der Waals surface area contributed by atoms with Crippen LogP contribution in [0.1, 0.15) is 66.7 Å². The molecule has 0 radical (unpaired) electrons. The monoisotopic (exact) mass is 389 g/mol. The van der Waals surface area contributed by atoms with Gasteiger partial charge in [-0.2, -0.15) is 0 Å². The highest BCUT2D eigenvalue weighted by atomic mass is 16.7. The Kier molecular flexibility index (Phi) is 6.29. The quantitative estimate of drug-likeness (QED) is 0.549. The van der Waals surface area contributed by atoms with Gasteiger partial charge in [0.1, 0.15) is 0 Å². The first-order valence-electron chi connectivity index (χ1n) is 10.3. The molecule has 2 saturated heterocycles. The summed E-state index contributed by atoms with van der Waals surface area (Å²) in [5, 5.41) is 0. The van der Waals surface area contributed by atoms with E-state index in [0.717, 1.165) is 37.7 Å². The van der Waals surface area contributed by atoms with E-state index in [1.807, 2.05) is 32.6 Å². The van der Waals surface area contributed by atoms with E-state index in [2.05, 4.69) is 9.97 Å². The second-order valence-electron chi connectivity index (χ2n) is 8.74. The Hall–Kier alpha value is -1.67. The molecule has 3 heterocycles. The number of piperidine rings is 1. The summed E-state index contributed by atoms with van der Waals surface area (Å²) in [7, 11) is -0.470. The molecule has 3 rings (SSSR count). The molecule has 1 atom stereocenters. The van der Waals surface area contributed by atoms with E-state index in [-0.39, 0.29) is 17.1 Å². The first-order valence-corrected chi connectivity index (χ1v) is 10.3. The molecule has 0 aliphatic carbocycles. The zero-order chi connectivity index (χ0) is 20.4. The fourth-order valence-electron chi connectivity index (χ4n) is 3.70. The predicted molar refractivity (Wildman–Crippen MR) is 108 cm³/mol. The van der Waals surface area contributed by atoms with Crippen LogP contribution in [0.3, 0.4) is 0 Å². The molecular weight excluding hydrogens is 357 g/mol. The van der Waals surface area contributed by atoms with Gasteiger partial charge in [-0.25, -0.2) is 9.97 Å². The van der Waals surface area contributed by atoms with Gasteiger partial charge in [0.25, 0.3) is 0 Å². The van der Waals surface area contributed by atoms with Crippen LogP contribution in [0.15, 0.2) is 12.4 Å². The topological polar surface area (TPSA) is 73.8 Å². The second-order valence-corrected chi connectivity index (χ2v) is 8.74. The summed E-state index contributed by atoms with van der Waals surface area (Å²) in [6, 6.07) is 0.689. The van der Waals surface area contributed by atoms with E-state index < -0.39 is 7.12 Å². The van der Waals surface area contributed by atoms with Crippen molar-refractivity contribution in [1.82, 2.24) is 14.9 Å². The van der Waals surface area contributed by atoms with Crippen molar-refractivity contribution in [2.45, 2.75) is 84.0 Å². The van der Waals surface area contributed by atoms with E-state index in [4.69, 9.17) is 14.0 Å². The highest BCUT2D eigenvalue weighted by Crippen LogP contribution is 2.36. The number of carbonyl (C=O) groups is 1. The standard InChI is InChI=1S/C20H32BN3O4/c1-15(25)24-11-7-6-9-17(24)10-8-12-26-18-22-13-16(14-23-18)21-27-19(2,3)20(4,5)28-21/h13-14,17H,6-12H2,1-5H3/t17-/m1/s1. The minimum atomic E-state index is -0.470. The van der Waals surface area contributed by atoms with Crippen molar-refractivity contribution in [2.24, 2.45) is 0 Å². The van der Waals surface area contributed by atoms with E-state index in [1.165, 1.54) is 6.42 Å². The van der Waals surface area contributed by atoms with Gasteiger partial charge in [0, 0.05) is 37.4 Å². The van der Waals surface area contributed by atoms with E-state index in [9.17, 15) is 4.79 Å². The number of amides is 1. The van der Waals surface area contributed by atoms with Gasteiger partial charge in [-0.15, -0.1) is 0 Å². The van der Waals surface area contributed by atoms with E-state index in [0.29, 0.717) is 18.7 Å². The van der Waals surface area contributed by atoms with E-state index >= 15 is 0 Å². The zero-order valence-electron chi connectivity index (χ0n) is 17.7. The Labute approximate surface area is 168 Å². The van der Waals surface area contributed by atoms with Crippen LogP contribution in [-0.4, -0.2) is 58.3 Å². The molecule has 28 heavy (non-hydrogen) atoms. The van der Waals surface area contributed by atoms with Gasteiger partial charge in [0.2, 0.25) is 5.91 Å². The van der Waals surface area contributed by atoms with Crippen molar-refractivity contribution in [3.8, 4) is 6.01 Å². The summed E-state index contributed by atoms with van der Waals surface area (Å²) >= 11 is 0. The number of ether oxygens (including phenoxy) is 1. The summed E-state index contributed by atoms with van der Waals surface area (Å²) in [4.78, 5) is 22.3. The minimum absolute atomic E-state index is 0.173. The molecule has 8 heteroatoms. The van der Waals surface area contributed by atoms with Crippen LogP contribution in [0.5, 0.6) is 6.01 Å². The molecule has 0 unspecified atom stereocenters. The summed E-state index contributed by atoms with van der Waals surface area (Å²) < 4.78 is 17.7. The van der Waals surface area contributed by atoms with Crippen LogP contribution in [0.4, 0.5) is 0 Å². The van der Waals surface area contributed by atoms with Crippen molar-refractivity contribution >= 4 is 18.5 Å². The Morgan fingerprint density at radius 2 is 1.86 bits per heavy atom. The van der Waals surface area contributed by atoms with Gasteiger partial charge < -0.3 is 18.9 Å². The number of likely N-dealkylation sites (tertiary alicyclic amines) is 1. The van der Waals surface area contributed by atoms with Crippen molar-refractivity contribution in [3.63, 3.8) is 0 Å². The molecule has 0 N–H and O–H groups in total. The van der Waals surface area contributed by atoms with E-state index in [1.54, 1.807) is 19.3 Å². The smallest absolute Gasteiger partial charge is 0.463 e. The molecule has 2 aliphatic rings. The Morgan fingerprint density at radius 1 is 1.21 bits per heavy atom. The lowest BCUT2D eigenvalue weighted by Crippen LogP contribution is -2.42. The normalized spacial score (nSPS) is 23.7. The second kappa shape index (κ2) is 8.37. The highest BCUT2D eigenvalue weighted by molar-refractivity contribution is 6.61. The van der Waals surface area contributed by atoms with Gasteiger partial charge >= 0.3 is 13.1 Å². The third kappa shape index (κ3) is 4.66. The maximum atomic E-state index is 11.7. The number of nitrogens with zero attached hydrogens (tertiary/aromatic N) is 3. The lowest BCUT2D eigenvalue weighted by molar-refractivity contribution is -0.132. The fraction of sp³-hybridized carbons (Fsp3) is 0.750. The average molecular weight is 389 g/mol. The number of hydrogen-bond donors (Lipinski definition) is 0. The predicted octanol–water partition coefficient (Wildman–Crippen LogP) is 2.34. The SMILES string of the molecule is CC(=O)N1CCCC[C@@H]1CCCOc1ncc(B2OC(C)(C)C(C)(C)O2)cn1. The van der Waals surface area contributed by atoms with Crippen LogP contribution in [-0.2, 0) is 14.1 Å². The minimum Gasteiger partial charge on any atom is -0.463 e. The third-order valence-corrected chi connectivity index (χ3v) is 6.12. The molecule has 0 aromatic carbocycles. The molecule has 2 fully saturated rings. The van der Waals surface area contributed by atoms with Crippen LogP contribution in [0.2, 0.25) is 0 Å². The summed E-state index contributed by atoms with van der Waals surface area (Å²) in [6.45, 7) is 11.2. The van der Waals surface area contributed by atoms with Gasteiger partial charge in [0.15, 0.2) is 0 Å². The average Bonchev–Trinajstić information content (AvgIpc) is 2.87. The Morgan fingerprint density at radius 3 is 2.46 bits per heavy atom. The molecule has 154 valence electrons. The maximum absolute atomic E-state index is 11.7. The fourth-order valence-corrected chi connectivity index (χ4v) is 3.70. The molecule has 0 spiro atoms. The van der Waals surface area contributed by atoms with Crippen molar-refractivity contribution in [2.75, 3.05) is 13.2 Å². The molecule has 7 nitrogen and oxygen atoms in total. The van der Waals surface area contributed by atoms with Crippen LogP contribution >= 0.6 is 0 Å². The van der Waals surface area contributed by atoms with Gasteiger partial charge in [0.05, 0.1) is 17.8 Å². The Bertz CT molecular complexity index is 665. The third-order valence-electron chi connectivity index (χ3n) is 6.12. The van der Waals surface area contributed by atoms with Gasteiger partial charge in [-0.1, -0.05) is 0 Å². The van der Waals surface area contributed by atoms with Crippen LogP contribution in [0, 0.1) is 0 Å². The van der Waals surface area contributed by atoms with Crippen LogP contribution in [0.25, 0.3) is 0 Å². The highest BCUT2D eigenvalue weighted by Gasteiger charge is 2.51. The summed E-state index contributed by atoms with van der Waals surface area (Å²) in [5.41, 5.74) is 0.00434. The molecule has 1 aromatic rings. The molecule has 1 aromatic heterocycles. The molecule has 1 amide bonds. The summed E-state index contributed by atoms with van der Waals surface area (Å²) in [6.07, 6.45) is 8.60. The van der Waals surface area contributed by atoms with Crippen molar-refractivity contribution < 1.29 is 18.8 Å². The number of carbonyl (C=O) groups excluding carboxylic acids is 1. The molecule has 0 bridgehead atoms. The zero-order valence-corrected chi connectivity index (χ0v) is 17.7. The van der Waals surface area contributed by atoms with Gasteiger partial charge in [-0.05, 0) is 59.8 Å². The van der Waals surface area contributed by atoms with Crippen LogP contribution < -0.4 is 10.2 Å². The molecule has 2 aliphatic heterocycles. The first kappa shape index (κ1) is 21.1. The first-order chi connectivity index (χ1) is 13.2. The lowest BCUT2D eigenvalue weighted by Gasteiger charge is -2.35. The number of rotatable bonds is 6. The lowest BCUT2D eigenvalue weighted by atomic mass is 9.81. The Balaban J connectivity index is 1.46. The van der Waals surface area contributed by atoms with Gasteiger partial charge in [-0.3, -0.25) is 4.79 Å².